The molecular formula is C19H18F3NOS2. The topological polar surface area (TPSA) is 29.1 Å². The van der Waals surface area contributed by atoms with Crippen LogP contribution in [-0.4, -0.2) is 17.4 Å². The maximum absolute atomic E-state index is 12.6. The van der Waals surface area contributed by atoms with Crippen molar-refractivity contribution < 1.29 is 18.0 Å². The number of thioether (sulfide) groups is 2. The number of hydrogen-bond donors (Lipinski definition) is 1. The number of anilines is 1. The van der Waals surface area contributed by atoms with Gasteiger partial charge in [0.1, 0.15) is 0 Å². The lowest BCUT2D eigenvalue weighted by atomic mass is 10.1. The molecule has 0 spiro atoms. The Morgan fingerprint density at radius 2 is 1.77 bits per heavy atom. The van der Waals surface area contributed by atoms with Crippen LogP contribution < -0.4 is 5.32 Å². The maximum atomic E-state index is 12.6. The zero-order valence-electron chi connectivity index (χ0n) is 13.9. The monoisotopic (exact) mass is 397 g/mol. The van der Waals surface area contributed by atoms with Crippen molar-refractivity contribution in [3.63, 3.8) is 0 Å². The van der Waals surface area contributed by atoms with Gasteiger partial charge < -0.3 is 5.32 Å². The Kier molecular flexibility index (Phi) is 6.19. The molecule has 0 unspecified atom stereocenters. The summed E-state index contributed by atoms with van der Waals surface area (Å²) in [5.74, 6) is 2.04. The van der Waals surface area contributed by atoms with Crippen molar-refractivity contribution in [1.29, 1.82) is 0 Å². The van der Waals surface area contributed by atoms with E-state index in [-0.39, 0.29) is 12.3 Å². The minimum atomic E-state index is -4.36. The predicted octanol–water partition coefficient (Wildman–Crippen LogP) is 5.76. The number of amides is 1. The van der Waals surface area contributed by atoms with Gasteiger partial charge in [-0.15, -0.1) is 23.5 Å². The molecule has 1 aliphatic rings. The van der Waals surface area contributed by atoms with E-state index in [1.165, 1.54) is 24.1 Å². The average molecular weight is 397 g/mol. The summed E-state index contributed by atoms with van der Waals surface area (Å²) in [4.78, 5) is 12.2. The van der Waals surface area contributed by atoms with Crippen LogP contribution in [0.2, 0.25) is 0 Å². The summed E-state index contributed by atoms with van der Waals surface area (Å²) in [6.45, 7) is 0. The van der Waals surface area contributed by atoms with Crippen molar-refractivity contribution >= 4 is 35.1 Å². The van der Waals surface area contributed by atoms with Crippen molar-refractivity contribution in [3.05, 3.63) is 65.2 Å². The van der Waals surface area contributed by atoms with Gasteiger partial charge in [-0.3, -0.25) is 4.79 Å². The van der Waals surface area contributed by atoms with Gasteiger partial charge in [0, 0.05) is 5.69 Å². The number of rotatable bonds is 4. The third kappa shape index (κ3) is 5.20. The second-order valence-corrected chi connectivity index (χ2v) is 8.70. The second-order valence-electron chi connectivity index (χ2n) is 5.97. The van der Waals surface area contributed by atoms with Gasteiger partial charge in [0.05, 0.1) is 16.6 Å². The van der Waals surface area contributed by atoms with Crippen molar-refractivity contribution in [1.82, 2.24) is 0 Å². The highest BCUT2D eigenvalue weighted by Crippen LogP contribution is 2.44. The van der Waals surface area contributed by atoms with Crippen molar-refractivity contribution in [3.8, 4) is 0 Å². The number of carbonyl (C=O) groups is 1. The molecule has 1 aliphatic heterocycles. The Morgan fingerprint density at radius 1 is 1.08 bits per heavy atom. The van der Waals surface area contributed by atoms with E-state index in [9.17, 15) is 18.0 Å². The molecule has 0 atom stereocenters. The normalized spacial score (nSPS) is 15.7. The molecule has 138 valence electrons. The van der Waals surface area contributed by atoms with E-state index in [1.54, 1.807) is 0 Å². The number of halogens is 3. The highest BCUT2D eigenvalue weighted by Gasteiger charge is 2.30. The number of benzene rings is 2. The molecule has 0 aromatic heterocycles. The molecule has 1 fully saturated rings. The average Bonchev–Trinajstić information content (AvgIpc) is 2.62. The minimum absolute atomic E-state index is 0.0370. The first-order valence-electron chi connectivity index (χ1n) is 8.21. The molecule has 0 aliphatic carbocycles. The predicted molar refractivity (Wildman–Crippen MR) is 102 cm³/mol. The number of hydrogen-bond acceptors (Lipinski definition) is 3. The SMILES string of the molecule is O=C(Cc1ccc(C(F)(F)F)cc1)Nc1cccc(C2SCCCS2)c1. The zero-order valence-corrected chi connectivity index (χ0v) is 15.5. The molecule has 0 saturated carbocycles. The van der Waals surface area contributed by atoms with Gasteiger partial charge in [-0.25, -0.2) is 0 Å². The Bertz CT molecular complexity index is 756. The van der Waals surface area contributed by atoms with Crippen LogP contribution in [0.4, 0.5) is 18.9 Å². The maximum Gasteiger partial charge on any atom is 0.416 e. The minimum Gasteiger partial charge on any atom is -0.326 e. The summed E-state index contributed by atoms with van der Waals surface area (Å²) in [5, 5.41) is 2.84. The summed E-state index contributed by atoms with van der Waals surface area (Å²) in [5.41, 5.74) is 1.72. The fourth-order valence-corrected chi connectivity index (χ4v) is 5.52. The van der Waals surface area contributed by atoms with Gasteiger partial charge >= 0.3 is 6.18 Å². The highest BCUT2D eigenvalue weighted by molar-refractivity contribution is 8.16. The Hall–Kier alpha value is -1.60. The molecule has 3 rings (SSSR count). The van der Waals surface area contributed by atoms with Gasteiger partial charge in [0.2, 0.25) is 5.91 Å². The van der Waals surface area contributed by atoms with Gasteiger partial charge in [0.25, 0.3) is 0 Å². The lowest BCUT2D eigenvalue weighted by Gasteiger charge is -2.21. The molecule has 7 heteroatoms. The van der Waals surface area contributed by atoms with Crippen LogP contribution in [0.1, 0.15) is 27.7 Å². The molecule has 0 bridgehead atoms. The van der Waals surface area contributed by atoms with Crippen LogP contribution in [0.5, 0.6) is 0 Å². The van der Waals surface area contributed by atoms with Crippen LogP contribution in [0.15, 0.2) is 48.5 Å². The molecule has 2 aromatic carbocycles. The lowest BCUT2D eigenvalue weighted by molar-refractivity contribution is -0.137. The molecule has 1 N–H and O–H groups in total. The molecule has 1 heterocycles. The smallest absolute Gasteiger partial charge is 0.326 e. The highest BCUT2D eigenvalue weighted by atomic mass is 32.2. The first-order valence-corrected chi connectivity index (χ1v) is 10.3. The van der Waals surface area contributed by atoms with E-state index in [4.69, 9.17) is 0 Å². The van der Waals surface area contributed by atoms with Crippen LogP contribution in [0, 0.1) is 0 Å². The van der Waals surface area contributed by atoms with Gasteiger partial charge in [0.15, 0.2) is 0 Å². The number of nitrogens with one attached hydrogen (secondary N) is 1. The quantitative estimate of drug-likeness (QED) is 0.712. The van der Waals surface area contributed by atoms with Crippen molar-refractivity contribution in [2.75, 3.05) is 16.8 Å². The third-order valence-electron chi connectivity index (χ3n) is 3.92. The largest absolute Gasteiger partial charge is 0.416 e. The molecule has 1 amide bonds. The van der Waals surface area contributed by atoms with E-state index in [2.05, 4.69) is 11.4 Å². The van der Waals surface area contributed by atoms with Crippen LogP contribution in [0.3, 0.4) is 0 Å². The van der Waals surface area contributed by atoms with E-state index in [0.717, 1.165) is 23.6 Å². The van der Waals surface area contributed by atoms with E-state index < -0.39 is 11.7 Å². The summed E-state index contributed by atoms with van der Waals surface area (Å²) in [6, 6.07) is 12.5. The van der Waals surface area contributed by atoms with E-state index >= 15 is 0 Å². The molecule has 1 saturated heterocycles. The lowest BCUT2D eigenvalue weighted by Crippen LogP contribution is -2.15. The molecule has 2 aromatic rings. The fourth-order valence-electron chi connectivity index (χ4n) is 2.65. The summed E-state index contributed by atoms with van der Waals surface area (Å²) >= 11 is 3.82. The first-order chi connectivity index (χ1) is 12.4. The van der Waals surface area contributed by atoms with Gasteiger partial charge in [-0.2, -0.15) is 13.2 Å². The molecule has 26 heavy (non-hydrogen) atoms. The zero-order chi connectivity index (χ0) is 18.6. The van der Waals surface area contributed by atoms with Crippen molar-refractivity contribution in [2.24, 2.45) is 0 Å². The van der Waals surface area contributed by atoms with Gasteiger partial charge in [-0.1, -0.05) is 24.3 Å². The number of carbonyl (C=O) groups excluding carboxylic acids is 1. The summed E-state index contributed by atoms with van der Waals surface area (Å²) in [6.07, 6.45) is -3.11. The molecular weight excluding hydrogens is 379 g/mol. The van der Waals surface area contributed by atoms with E-state index in [0.29, 0.717) is 15.8 Å². The Morgan fingerprint density at radius 3 is 2.42 bits per heavy atom. The molecule has 2 nitrogen and oxygen atoms in total. The standard InChI is InChI=1S/C19H18F3NOS2/c20-19(21,22)15-7-5-13(6-8-15)11-17(24)23-16-4-1-3-14(12-16)18-25-9-2-10-26-18/h1,3-8,12,18H,2,9-11H2,(H,23,24). The van der Waals surface area contributed by atoms with Crippen molar-refractivity contribution in [2.45, 2.75) is 23.6 Å². The van der Waals surface area contributed by atoms with E-state index in [1.807, 2.05) is 41.7 Å². The molecule has 0 radical (unpaired) electrons. The fraction of sp³-hybridized carbons (Fsp3) is 0.316. The van der Waals surface area contributed by atoms with Crippen LogP contribution >= 0.6 is 23.5 Å². The first kappa shape index (κ1) is 19.2. The van der Waals surface area contributed by atoms with Crippen LogP contribution in [-0.2, 0) is 17.4 Å². The van der Waals surface area contributed by atoms with Gasteiger partial charge in [-0.05, 0) is 53.3 Å². The summed E-state index contributed by atoms with van der Waals surface area (Å²) in [7, 11) is 0. The Balaban J connectivity index is 1.61. The third-order valence-corrected chi connectivity index (χ3v) is 6.93. The number of alkyl halides is 3. The Labute approximate surface area is 158 Å². The van der Waals surface area contributed by atoms with Crippen LogP contribution in [0.25, 0.3) is 0 Å². The second kappa shape index (κ2) is 8.39. The summed E-state index contributed by atoms with van der Waals surface area (Å²) < 4.78 is 38.1.